The molecule has 0 radical (unpaired) electrons. The zero-order valence-electron chi connectivity index (χ0n) is 49.5. The fourth-order valence-corrected chi connectivity index (χ4v) is 14.0. The molecule has 85 heavy (non-hydrogen) atoms. The maximum atomic E-state index is 13.1. The Balaban J connectivity index is 0.979. The van der Waals surface area contributed by atoms with Gasteiger partial charge in [-0.2, -0.15) is 19.2 Å². The SMILES string of the molecule is Cc1ccc(C(=O)OOC(=O)OC2CCC(C(C3CCC(OC(=O)OOC(=O)c4ccc(C)cc4C)CC3)(C3CCC(OC(=O)OOC(=O)c4ccc(C)cc4C)CC3)C3CCC(OC(=O)OOC(=O)c4ccc(C)cc4C)CC3)CC2)c(C)c1. The first-order chi connectivity index (χ1) is 40.7. The second-order valence-electron chi connectivity index (χ2n) is 23.5. The van der Waals surface area contributed by atoms with Crippen LogP contribution in [0.2, 0.25) is 0 Å². The van der Waals surface area contributed by atoms with Crippen LogP contribution in [0.5, 0.6) is 0 Å². The van der Waals surface area contributed by atoms with Crippen molar-refractivity contribution in [2.24, 2.45) is 29.1 Å². The van der Waals surface area contributed by atoms with Crippen LogP contribution in [0.3, 0.4) is 0 Å². The molecule has 0 amide bonds. The molecule has 0 bridgehead atoms. The lowest BCUT2D eigenvalue weighted by Crippen LogP contribution is -2.54. The van der Waals surface area contributed by atoms with Crippen LogP contribution in [0.15, 0.2) is 72.8 Å². The molecule has 4 fully saturated rings. The lowest BCUT2D eigenvalue weighted by atomic mass is 9.45. The molecule has 0 aromatic heterocycles. The first kappa shape index (κ1) is 62.9. The van der Waals surface area contributed by atoms with Gasteiger partial charge >= 0.3 is 48.5 Å². The molecule has 20 nitrogen and oxygen atoms in total. The van der Waals surface area contributed by atoms with Gasteiger partial charge in [0.15, 0.2) is 0 Å². The van der Waals surface area contributed by atoms with Gasteiger partial charge < -0.3 is 18.9 Å². The van der Waals surface area contributed by atoms with E-state index in [9.17, 15) is 38.4 Å². The van der Waals surface area contributed by atoms with E-state index in [2.05, 4.69) is 0 Å². The van der Waals surface area contributed by atoms with Gasteiger partial charge in [-0.15, -0.1) is 0 Å². The molecule has 0 unspecified atom stereocenters. The minimum absolute atomic E-state index is 0.0527. The van der Waals surface area contributed by atoms with Crippen molar-refractivity contribution in [1.29, 1.82) is 0 Å². The topological polar surface area (TPSA) is 247 Å². The minimum atomic E-state index is -1.14. The van der Waals surface area contributed by atoms with Gasteiger partial charge in [-0.25, -0.2) is 58.3 Å². The average Bonchev–Trinajstić information content (AvgIpc) is 1.12. The molecule has 0 spiro atoms. The van der Waals surface area contributed by atoms with Crippen molar-refractivity contribution < 1.29 is 96.4 Å². The third-order valence-corrected chi connectivity index (χ3v) is 17.7. The maximum Gasteiger partial charge on any atom is 0.550 e. The van der Waals surface area contributed by atoms with Gasteiger partial charge in [-0.1, -0.05) is 70.8 Å². The summed E-state index contributed by atoms with van der Waals surface area (Å²) in [5.41, 5.74) is 7.00. The highest BCUT2D eigenvalue weighted by atomic mass is 17.3. The van der Waals surface area contributed by atoms with Gasteiger partial charge in [-0.05, 0) is 234 Å². The highest BCUT2D eigenvalue weighted by Crippen LogP contribution is 2.63. The molecule has 0 saturated heterocycles. The van der Waals surface area contributed by atoms with Crippen molar-refractivity contribution in [2.45, 2.75) is 183 Å². The molecule has 0 aliphatic heterocycles. The number of carbonyl (C=O) groups is 8. The minimum Gasteiger partial charge on any atom is -0.428 e. The second kappa shape index (κ2) is 28.6. The van der Waals surface area contributed by atoms with Crippen LogP contribution in [0.4, 0.5) is 19.2 Å². The number of ether oxygens (including phenoxy) is 4. The Morgan fingerprint density at radius 2 is 0.471 bits per heavy atom. The predicted molar refractivity (Wildman–Crippen MR) is 301 cm³/mol. The van der Waals surface area contributed by atoms with Crippen molar-refractivity contribution in [1.82, 2.24) is 0 Å². The summed E-state index contributed by atoms with van der Waals surface area (Å²) < 4.78 is 23.1. The Bertz CT molecular complexity index is 2670. The van der Waals surface area contributed by atoms with Crippen LogP contribution in [0.1, 0.15) is 189 Å². The van der Waals surface area contributed by atoms with Crippen LogP contribution in [0, 0.1) is 84.5 Å². The number of hydrogen-bond donors (Lipinski definition) is 0. The van der Waals surface area contributed by atoms with Crippen LogP contribution < -0.4 is 0 Å². The monoisotopic (exact) mass is 1180 g/mol. The van der Waals surface area contributed by atoms with E-state index in [0.29, 0.717) is 125 Å². The fourth-order valence-electron chi connectivity index (χ4n) is 14.0. The van der Waals surface area contributed by atoms with E-state index >= 15 is 0 Å². The van der Waals surface area contributed by atoms with Gasteiger partial charge in [0.25, 0.3) is 0 Å². The van der Waals surface area contributed by atoms with Gasteiger partial charge in [0.2, 0.25) is 0 Å². The molecule has 20 heteroatoms. The van der Waals surface area contributed by atoms with Crippen LogP contribution in [-0.4, -0.2) is 72.9 Å². The molecule has 0 heterocycles. The van der Waals surface area contributed by atoms with E-state index in [0.717, 1.165) is 22.3 Å². The summed E-state index contributed by atoms with van der Waals surface area (Å²) in [5, 5.41) is 0. The summed E-state index contributed by atoms with van der Waals surface area (Å²) in [5.74, 6) is -3.13. The average molecular weight is 1180 g/mol. The van der Waals surface area contributed by atoms with E-state index in [1.807, 2.05) is 52.0 Å². The van der Waals surface area contributed by atoms with E-state index in [4.69, 9.17) is 58.0 Å². The number of carbonyl (C=O) groups excluding carboxylic acids is 8. The van der Waals surface area contributed by atoms with Crippen LogP contribution in [0.25, 0.3) is 0 Å². The molecule has 0 N–H and O–H groups in total. The van der Waals surface area contributed by atoms with Crippen molar-refractivity contribution in [3.63, 3.8) is 0 Å². The van der Waals surface area contributed by atoms with Gasteiger partial charge in [0.1, 0.15) is 24.4 Å². The molecule has 0 atom stereocenters. The molecule has 456 valence electrons. The predicted octanol–water partition coefficient (Wildman–Crippen LogP) is 14.4. The normalized spacial score (nSPS) is 22.8. The lowest BCUT2D eigenvalue weighted by Gasteiger charge is -2.60. The van der Waals surface area contributed by atoms with E-state index in [1.165, 1.54) is 0 Å². The Labute approximate surface area is 494 Å². The zero-order chi connectivity index (χ0) is 61.0. The van der Waals surface area contributed by atoms with Gasteiger partial charge in [0, 0.05) is 0 Å². The molecule has 4 aromatic carbocycles. The highest BCUT2D eigenvalue weighted by Gasteiger charge is 2.57. The molecule has 4 aromatic rings. The van der Waals surface area contributed by atoms with E-state index in [-0.39, 0.29) is 45.9 Å². The number of aryl methyl sites for hydroxylation is 8. The van der Waals surface area contributed by atoms with Crippen molar-refractivity contribution in [3.05, 3.63) is 140 Å². The Hall–Kier alpha value is -8.16. The quantitative estimate of drug-likeness (QED) is 0.0553. The number of rotatable bonds is 12. The fraction of sp³-hybridized carbons (Fsp3) is 0.508. The first-order valence-electron chi connectivity index (χ1n) is 29.3. The summed E-state index contributed by atoms with van der Waals surface area (Å²) >= 11 is 0. The van der Waals surface area contributed by atoms with Crippen molar-refractivity contribution >= 4 is 48.5 Å². The summed E-state index contributed by atoms with van der Waals surface area (Å²) in [6.07, 6.45) is 2.04. The molecular formula is C65H76O20. The third kappa shape index (κ3) is 16.2. The van der Waals surface area contributed by atoms with Crippen molar-refractivity contribution in [2.75, 3.05) is 0 Å². The third-order valence-electron chi connectivity index (χ3n) is 17.7. The lowest BCUT2D eigenvalue weighted by molar-refractivity contribution is -0.213. The van der Waals surface area contributed by atoms with Crippen LogP contribution in [-0.2, 0) is 58.0 Å². The molecule has 4 aliphatic rings. The highest BCUT2D eigenvalue weighted by molar-refractivity contribution is 5.92. The summed E-state index contributed by atoms with van der Waals surface area (Å²) in [6.45, 7) is 14.6. The first-order valence-corrected chi connectivity index (χ1v) is 29.3. The molecule has 4 aliphatic carbocycles. The van der Waals surface area contributed by atoms with Crippen molar-refractivity contribution in [3.8, 4) is 0 Å². The summed E-state index contributed by atoms with van der Waals surface area (Å²) in [4.78, 5) is 143. The smallest absolute Gasteiger partial charge is 0.428 e. The Morgan fingerprint density at radius 3 is 0.647 bits per heavy atom. The largest absolute Gasteiger partial charge is 0.550 e. The number of benzene rings is 4. The summed E-state index contributed by atoms with van der Waals surface area (Å²) in [6, 6.07) is 20.6. The van der Waals surface area contributed by atoms with E-state index in [1.54, 1.807) is 76.2 Å². The van der Waals surface area contributed by atoms with Crippen LogP contribution >= 0.6 is 0 Å². The van der Waals surface area contributed by atoms with Gasteiger partial charge in [-0.3, -0.25) is 0 Å². The standard InChI is InChI=1S/C65H76O20/c1-37-9-29-53(41(5)33-37)57(66)78-82-61(70)74-49-21-13-45(14-22-49)65(46-15-23-50(24-16-46)75-62(71)83-79-58(67)54-30-10-38(2)34-42(54)6,47-17-25-51(26-18-47)76-63(72)84-80-59(68)55-31-11-39(3)35-43(55)7)48-19-27-52(28-20-48)77-64(73)85-81-60(69)56-32-12-40(4)36-44(56)8/h9-12,29-36,45-52H,13-28H2,1-8H3. The molecule has 8 rings (SSSR count). The summed E-state index contributed by atoms with van der Waals surface area (Å²) in [7, 11) is 0. The molecule has 4 saturated carbocycles. The Morgan fingerprint density at radius 1 is 0.282 bits per heavy atom. The second-order valence-corrected chi connectivity index (χ2v) is 23.5. The Kier molecular flexibility index (Phi) is 21.2. The maximum absolute atomic E-state index is 13.1. The molecular weight excluding hydrogens is 1100 g/mol. The number of hydrogen-bond acceptors (Lipinski definition) is 20. The van der Waals surface area contributed by atoms with E-state index < -0.39 is 78.3 Å². The van der Waals surface area contributed by atoms with Gasteiger partial charge in [0.05, 0.1) is 22.3 Å². The zero-order valence-corrected chi connectivity index (χ0v) is 49.5.